The minimum Gasteiger partial charge on any atom is -0.443 e. The largest absolute Gasteiger partial charge is 0.443 e. The summed E-state index contributed by atoms with van der Waals surface area (Å²) in [5.74, 6) is 0.408. The molecule has 2 aromatic heterocycles. The molecule has 156 valence electrons. The van der Waals surface area contributed by atoms with Crippen LogP contribution in [0.1, 0.15) is 55.7 Å². The van der Waals surface area contributed by atoms with Crippen molar-refractivity contribution >= 4 is 17.8 Å². The van der Waals surface area contributed by atoms with Gasteiger partial charge in [-0.2, -0.15) is 5.10 Å². The van der Waals surface area contributed by atoms with Crippen LogP contribution in [0.15, 0.2) is 16.7 Å². The highest BCUT2D eigenvalue weighted by Crippen LogP contribution is 2.38. The van der Waals surface area contributed by atoms with Gasteiger partial charge in [0.2, 0.25) is 5.91 Å². The normalized spacial score (nSPS) is 24.9. The van der Waals surface area contributed by atoms with E-state index in [1.165, 1.54) is 0 Å². The predicted octanol–water partition coefficient (Wildman–Crippen LogP) is 2.75. The van der Waals surface area contributed by atoms with Crippen molar-refractivity contribution in [2.45, 2.75) is 69.7 Å². The zero-order valence-corrected chi connectivity index (χ0v) is 16.3. The van der Waals surface area contributed by atoms with E-state index in [9.17, 15) is 14.0 Å². The van der Waals surface area contributed by atoms with Gasteiger partial charge in [-0.15, -0.1) is 0 Å². The van der Waals surface area contributed by atoms with Gasteiger partial charge in [0, 0.05) is 23.6 Å². The van der Waals surface area contributed by atoms with Crippen LogP contribution in [-0.4, -0.2) is 45.2 Å². The monoisotopic (exact) mass is 405 g/mol. The van der Waals surface area contributed by atoms with Gasteiger partial charge in [-0.25, -0.2) is 9.18 Å². The van der Waals surface area contributed by atoms with Gasteiger partial charge in [0.15, 0.2) is 0 Å². The molecule has 2 amide bonds. The number of carbonyl (C=O) groups is 2. The molecule has 29 heavy (non-hydrogen) atoms. The first-order valence-corrected chi connectivity index (χ1v) is 9.70. The summed E-state index contributed by atoms with van der Waals surface area (Å²) < 4.78 is 24.7. The van der Waals surface area contributed by atoms with Crippen molar-refractivity contribution in [1.29, 1.82) is 0 Å². The molecule has 0 unspecified atom stereocenters. The second-order valence-corrected chi connectivity index (χ2v) is 8.18. The molecule has 2 aromatic rings. The van der Waals surface area contributed by atoms with Crippen LogP contribution in [0.5, 0.6) is 0 Å². The summed E-state index contributed by atoms with van der Waals surface area (Å²) in [4.78, 5) is 24.0. The van der Waals surface area contributed by atoms with E-state index in [2.05, 4.69) is 26.0 Å². The summed E-state index contributed by atoms with van der Waals surface area (Å²) in [7, 11) is 0. The maximum atomic E-state index is 14.4. The van der Waals surface area contributed by atoms with E-state index < -0.39 is 18.4 Å². The van der Waals surface area contributed by atoms with Crippen LogP contribution in [0.25, 0.3) is 0 Å². The third kappa shape index (κ3) is 4.75. The number of ether oxygens (including phenoxy) is 1. The van der Waals surface area contributed by atoms with E-state index in [0.29, 0.717) is 29.4 Å². The zero-order valence-electron chi connectivity index (χ0n) is 16.3. The van der Waals surface area contributed by atoms with Crippen LogP contribution in [0.3, 0.4) is 0 Å². The molecule has 0 radical (unpaired) electrons. The molecule has 2 fully saturated rings. The molecule has 0 aromatic carbocycles. The minimum absolute atomic E-state index is 0.0507. The Morgan fingerprint density at radius 2 is 2.17 bits per heavy atom. The lowest BCUT2D eigenvalue weighted by molar-refractivity contribution is -0.115. The van der Waals surface area contributed by atoms with Crippen LogP contribution < -0.4 is 10.6 Å². The molecule has 9 nitrogen and oxygen atoms in total. The second-order valence-electron chi connectivity index (χ2n) is 8.18. The number of rotatable bonds is 6. The van der Waals surface area contributed by atoms with Crippen molar-refractivity contribution in [3.05, 3.63) is 29.3 Å². The topological polar surface area (TPSA) is 122 Å². The molecule has 4 rings (SSSR count). The Labute approximate surface area is 166 Å². The third-order valence-electron chi connectivity index (χ3n) is 5.39. The molecule has 10 heteroatoms. The number of amides is 2. The van der Waals surface area contributed by atoms with E-state index in [4.69, 9.17) is 9.26 Å². The van der Waals surface area contributed by atoms with Gasteiger partial charge in [-0.05, 0) is 39.5 Å². The predicted molar refractivity (Wildman–Crippen MR) is 100 cm³/mol. The number of hydrogen-bond donors (Lipinski definition) is 3. The fourth-order valence-corrected chi connectivity index (χ4v) is 3.50. The molecule has 0 saturated heterocycles. The highest BCUT2D eigenvalue weighted by atomic mass is 19.1. The molecule has 0 aliphatic heterocycles. The van der Waals surface area contributed by atoms with Gasteiger partial charge in [0.1, 0.15) is 23.9 Å². The Kier molecular flexibility index (Phi) is 5.01. The van der Waals surface area contributed by atoms with Gasteiger partial charge in [-0.1, -0.05) is 5.16 Å². The highest BCUT2D eigenvalue weighted by Gasteiger charge is 2.42. The van der Waals surface area contributed by atoms with Gasteiger partial charge < -0.3 is 19.9 Å². The Morgan fingerprint density at radius 3 is 2.86 bits per heavy atom. The summed E-state index contributed by atoms with van der Waals surface area (Å²) in [6, 6.07) is 3.37. The molecule has 2 saturated carbocycles. The van der Waals surface area contributed by atoms with E-state index >= 15 is 0 Å². The van der Waals surface area contributed by atoms with Gasteiger partial charge in [0.05, 0.1) is 17.8 Å². The number of aromatic nitrogens is 3. The summed E-state index contributed by atoms with van der Waals surface area (Å²) in [5, 5.41) is 16.1. The van der Waals surface area contributed by atoms with Crippen LogP contribution in [0.4, 0.5) is 15.0 Å². The van der Waals surface area contributed by atoms with Gasteiger partial charge in [0.25, 0.3) is 0 Å². The first-order chi connectivity index (χ1) is 13.8. The Bertz CT molecular complexity index is 906. The summed E-state index contributed by atoms with van der Waals surface area (Å²) in [6.07, 6.45) is -0.191. The number of alkyl halides is 1. The highest BCUT2D eigenvalue weighted by molar-refractivity contribution is 5.91. The van der Waals surface area contributed by atoms with Crippen LogP contribution in [0.2, 0.25) is 0 Å². The van der Waals surface area contributed by atoms with E-state index in [1.807, 2.05) is 6.92 Å². The number of aromatic amines is 1. The molecule has 2 heterocycles. The number of halogens is 1. The lowest BCUT2D eigenvalue weighted by atomic mass is 10.0. The Hall–Kier alpha value is -2.91. The maximum Gasteiger partial charge on any atom is 0.407 e. The lowest BCUT2D eigenvalue weighted by Gasteiger charge is -2.17. The van der Waals surface area contributed by atoms with Gasteiger partial charge >= 0.3 is 6.09 Å². The number of anilines is 1. The SMILES string of the molecule is Cc1cc(CC(=O)Nc2cc([C@@H]3C[C@H](OC(=O)NC4(C)CC4)[C@@H](F)C3)n[nH]2)on1. The fourth-order valence-electron chi connectivity index (χ4n) is 3.50. The second kappa shape index (κ2) is 7.49. The quantitative estimate of drug-likeness (QED) is 0.679. The number of aryl methyl sites for hydroxylation is 1. The van der Waals surface area contributed by atoms with Crippen molar-refractivity contribution in [2.75, 3.05) is 5.32 Å². The standard InChI is InChI=1S/C19H24FN5O4/c1-10-5-12(29-25-10)8-17(26)21-16-9-14(23-24-16)11-6-13(20)15(7-11)28-18(27)22-19(2)3-4-19/h5,9,11,13,15H,3-4,6-8H2,1-2H3,(H,22,27)(H2,21,23,24,26)/t11-,13-,15-/m0/s1. The molecule has 0 bridgehead atoms. The van der Waals surface area contributed by atoms with E-state index in [-0.39, 0.29) is 30.2 Å². The van der Waals surface area contributed by atoms with Crippen molar-refractivity contribution in [2.24, 2.45) is 0 Å². The molecular weight excluding hydrogens is 381 g/mol. The first-order valence-electron chi connectivity index (χ1n) is 9.70. The third-order valence-corrected chi connectivity index (χ3v) is 5.39. The van der Waals surface area contributed by atoms with E-state index in [1.54, 1.807) is 19.1 Å². The minimum atomic E-state index is -1.25. The molecule has 0 spiro atoms. The average molecular weight is 405 g/mol. The Balaban J connectivity index is 1.29. The number of nitrogens with zero attached hydrogens (tertiary/aromatic N) is 2. The van der Waals surface area contributed by atoms with Crippen LogP contribution in [0, 0.1) is 6.92 Å². The molecular formula is C19H24FN5O4. The van der Waals surface area contributed by atoms with Crippen molar-refractivity contribution < 1.29 is 23.2 Å². The van der Waals surface area contributed by atoms with Crippen molar-refractivity contribution in [3.8, 4) is 0 Å². The maximum absolute atomic E-state index is 14.4. The number of hydrogen-bond acceptors (Lipinski definition) is 6. The number of H-pyrrole nitrogens is 1. The van der Waals surface area contributed by atoms with Crippen molar-refractivity contribution in [1.82, 2.24) is 20.7 Å². The van der Waals surface area contributed by atoms with Gasteiger partial charge in [-0.3, -0.25) is 9.89 Å². The molecule has 3 atom stereocenters. The number of carbonyl (C=O) groups excluding carboxylic acids is 2. The first kappa shape index (κ1) is 19.4. The lowest BCUT2D eigenvalue weighted by Crippen LogP contribution is -2.38. The molecule has 3 N–H and O–H groups in total. The van der Waals surface area contributed by atoms with Crippen LogP contribution in [-0.2, 0) is 16.0 Å². The molecule has 2 aliphatic carbocycles. The summed E-state index contributed by atoms with van der Waals surface area (Å²) in [6.45, 7) is 3.71. The van der Waals surface area contributed by atoms with E-state index in [0.717, 1.165) is 12.8 Å². The number of alkyl carbamates (subject to hydrolysis) is 1. The zero-order chi connectivity index (χ0) is 20.6. The smallest absolute Gasteiger partial charge is 0.407 e. The molecule has 2 aliphatic rings. The Morgan fingerprint density at radius 1 is 1.38 bits per heavy atom. The summed E-state index contributed by atoms with van der Waals surface area (Å²) >= 11 is 0. The fraction of sp³-hybridized carbons (Fsp3) is 0.579. The summed E-state index contributed by atoms with van der Waals surface area (Å²) in [5.41, 5.74) is 1.12. The van der Waals surface area contributed by atoms with Crippen LogP contribution >= 0.6 is 0 Å². The number of nitrogens with one attached hydrogen (secondary N) is 3. The average Bonchev–Trinajstić information content (AvgIpc) is 3.01. The van der Waals surface area contributed by atoms with Crippen molar-refractivity contribution in [3.63, 3.8) is 0 Å².